The summed E-state index contributed by atoms with van der Waals surface area (Å²) in [6.45, 7) is 7.41. The van der Waals surface area contributed by atoms with Crippen molar-refractivity contribution in [2.45, 2.75) is 51.9 Å². The summed E-state index contributed by atoms with van der Waals surface area (Å²) >= 11 is 0. The molecule has 0 saturated carbocycles. The average molecular weight is 383 g/mol. The Morgan fingerprint density at radius 3 is 2.21 bits per heavy atom. The Balaban J connectivity index is 1.53. The van der Waals surface area contributed by atoms with Crippen LogP contribution in [0.1, 0.15) is 39.2 Å². The molecular weight excluding hydrogens is 354 g/mol. The van der Waals surface area contributed by atoms with Crippen molar-refractivity contribution < 1.29 is 19.0 Å². The zero-order valence-corrected chi connectivity index (χ0v) is 16.9. The van der Waals surface area contributed by atoms with Gasteiger partial charge in [0, 0.05) is 25.9 Å². The number of amides is 1. The van der Waals surface area contributed by atoms with Crippen molar-refractivity contribution in [3.63, 3.8) is 0 Å². The van der Waals surface area contributed by atoms with Crippen molar-refractivity contribution in [3.8, 4) is 11.5 Å². The van der Waals surface area contributed by atoms with E-state index in [1.807, 2.05) is 75.4 Å². The first-order chi connectivity index (χ1) is 13.4. The fourth-order valence-corrected chi connectivity index (χ4v) is 3.06. The third-order valence-corrected chi connectivity index (χ3v) is 4.47. The summed E-state index contributed by atoms with van der Waals surface area (Å²) < 4.78 is 17.6. The molecule has 28 heavy (non-hydrogen) atoms. The van der Waals surface area contributed by atoms with Gasteiger partial charge in [-0.25, -0.2) is 4.79 Å². The van der Waals surface area contributed by atoms with E-state index in [0.29, 0.717) is 19.7 Å². The normalized spacial score (nSPS) is 15.2. The number of carbonyl (C=O) groups excluding carboxylic acids is 1. The van der Waals surface area contributed by atoms with Crippen LogP contribution in [0.15, 0.2) is 54.6 Å². The van der Waals surface area contributed by atoms with Gasteiger partial charge < -0.3 is 19.1 Å². The molecule has 0 radical (unpaired) electrons. The zero-order valence-electron chi connectivity index (χ0n) is 16.9. The Morgan fingerprint density at radius 2 is 1.57 bits per heavy atom. The molecule has 1 saturated heterocycles. The van der Waals surface area contributed by atoms with Crippen LogP contribution in [0.4, 0.5) is 4.79 Å². The molecule has 0 atom stereocenters. The van der Waals surface area contributed by atoms with Gasteiger partial charge in [-0.1, -0.05) is 42.5 Å². The van der Waals surface area contributed by atoms with Crippen molar-refractivity contribution in [1.82, 2.24) is 4.90 Å². The number of nitrogens with zero attached hydrogens (tertiary/aromatic N) is 1. The van der Waals surface area contributed by atoms with Gasteiger partial charge in [-0.2, -0.15) is 0 Å². The van der Waals surface area contributed by atoms with Gasteiger partial charge in [0.2, 0.25) is 0 Å². The maximum Gasteiger partial charge on any atom is 0.410 e. The molecule has 0 aliphatic carbocycles. The Morgan fingerprint density at radius 1 is 0.964 bits per heavy atom. The quantitative estimate of drug-likeness (QED) is 0.725. The standard InChI is InChI=1S/C23H29NO4/c1-23(2,3)28-22(25)24-15-13-19(14-16-24)27-21-12-8-7-11-20(21)26-17-18-9-5-4-6-10-18/h4-12,19H,13-17H2,1-3H3. The van der Waals surface area contributed by atoms with E-state index in [2.05, 4.69) is 0 Å². The van der Waals surface area contributed by atoms with Gasteiger partial charge in [-0.05, 0) is 38.5 Å². The molecule has 3 rings (SSSR count). The molecule has 150 valence electrons. The average Bonchev–Trinajstić information content (AvgIpc) is 2.67. The highest BCUT2D eigenvalue weighted by atomic mass is 16.6. The largest absolute Gasteiger partial charge is 0.486 e. The predicted molar refractivity (Wildman–Crippen MR) is 109 cm³/mol. The number of hydrogen-bond acceptors (Lipinski definition) is 4. The Hall–Kier alpha value is -2.69. The van der Waals surface area contributed by atoms with Crippen LogP contribution < -0.4 is 9.47 Å². The van der Waals surface area contributed by atoms with Crippen molar-refractivity contribution in [2.24, 2.45) is 0 Å². The van der Waals surface area contributed by atoms with Crippen LogP contribution in [-0.4, -0.2) is 35.8 Å². The number of piperidine rings is 1. The molecule has 0 aromatic heterocycles. The second kappa shape index (κ2) is 9.00. The second-order valence-corrected chi connectivity index (χ2v) is 8.01. The maximum atomic E-state index is 12.2. The van der Waals surface area contributed by atoms with Crippen molar-refractivity contribution in [3.05, 3.63) is 60.2 Å². The molecular formula is C23H29NO4. The van der Waals surface area contributed by atoms with Crippen molar-refractivity contribution in [2.75, 3.05) is 13.1 Å². The first-order valence-corrected chi connectivity index (χ1v) is 9.81. The number of likely N-dealkylation sites (tertiary alicyclic amines) is 1. The Kier molecular flexibility index (Phi) is 6.45. The summed E-state index contributed by atoms with van der Waals surface area (Å²) in [5, 5.41) is 0. The van der Waals surface area contributed by atoms with Gasteiger partial charge in [-0.3, -0.25) is 0 Å². The van der Waals surface area contributed by atoms with Gasteiger partial charge in [-0.15, -0.1) is 0 Å². The van der Waals surface area contributed by atoms with Crippen LogP contribution in [0.5, 0.6) is 11.5 Å². The summed E-state index contributed by atoms with van der Waals surface area (Å²) in [5.74, 6) is 1.48. The van der Waals surface area contributed by atoms with E-state index in [9.17, 15) is 4.79 Å². The minimum atomic E-state index is -0.473. The lowest BCUT2D eigenvalue weighted by Gasteiger charge is -2.33. The topological polar surface area (TPSA) is 48.0 Å². The Bertz CT molecular complexity index is 762. The summed E-state index contributed by atoms with van der Waals surface area (Å²) in [5.41, 5.74) is 0.641. The molecule has 2 aromatic rings. The number of rotatable bonds is 5. The summed E-state index contributed by atoms with van der Waals surface area (Å²) in [4.78, 5) is 13.9. The first kappa shape index (κ1) is 20.1. The van der Waals surface area contributed by atoms with Gasteiger partial charge in [0.1, 0.15) is 18.3 Å². The van der Waals surface area contributed by atoms with Crippen LogP contribution >= 0.6 is 0 Å². The van der Waals surface area contributed by atoms with Gasteiger partial charge in [0.15, 0.2) is 11.5 Å². The summed E-state index contributed by atoms with van der Waals surface area (Å²) in [6.07, 6.45) is 1.34. The van der Waals surface area contributed by atoms with E-state index < -0.39 is 5.60 Å². The molecule has 1 fully saturated rings. The van der Waals surface area contributed by atoms with E-state index in [1.54, 1.807) is 4.90 Å². The summed E-state index contributed by atoms with van der Waals surface area (Å²) in [7, 11) is 0. The molecule has 5 heteroatoms. The molecule has 5 nitrogen and oxygen atoms in total. The fourth-order valence-electron chi connectivity index (χ4n) is 3.06. The Labute approximate surface area is 167 Å². The molecule has 2 aromatic carbocycles. The molecule has 0 bridgehead atoms. The summed E-state index contributed by atoms with van der Waals surface area (Å²) in [6, 6.07) is 17.8. The van der Waals surface area contributed by atoms with Gasteiger partial charge in [0.05, 0.1) is 0 Å². The van der Waals surface area contributed by atoms with Crippen LogP contribution in [0.25, 0.3) is 0 Å². The third-order valence-electron chi connectivity index (χ3n) is 4.47. The number of hydrogen-bond donors (Lipinski definition) is 0. The molecule has 0 N–H and O–H groups in total. The maximum absolute atomic E-state index is 12.2. The van der Waals surface area contributed by atoms with E-state index in [4.69, 9.17) is 14.2 Å². The third kappa shape index (κ3) is 5.91. The molecule has 0 spiro atoms. The number of ether oxygens (including phenoxy) is 3. The smallest absolute Gasteiger partial charge is 0.410 e. The second-order valence-electron chi connectivity index (χ2n) is 8.01. The highest BCUT2D eigenvalue weighted by Gasteiger charge is 2.28. The highest BCUT2D eigenvalue weighted by molar-refractivity contribution is 5.68. The zero-order chi connectivity index (χ0) is 20.0. The number of benzene rings is 2. The van der Waals surface area contributed by atoms with E-state index in [0.717, 1.165) is 29.9 Å². The minimum absolute atomic E-state index is 0.0557. The lowest BCUT2D eigenvalue weighted by molar-refractivity contribution is 0.0124. The van der Waals surface area contributed by atoms with Crippen LogP contribution in [0.3, 0.4) is 0 Å². The van der Waals surface area contributed by atoms with Gasteiger partial charge in [0.25, 0.3) is 0 Å². The lowest BCUT2D eigenvalue weighted by atomic mass is 10.1. The van der Waals surface area contributed by atoms with E-state index >= 15 is 0 Å². The van der Waals surface area contributed by atoms with Crippen LogP contribution in [0.2, 0.25) is 0 Å². The molecule has 1 amide bonds. The van der Waals surface area contributed by atoms with Crippen molar-refractivity contribution in [1.29, 1.82) is 0 Å². The molecule has 1 heterocycles. The van der Waals surface area contributed by atoms with E-state index in [1.165, 1.54) is 0 Å². The SMILES string of the molecule is CC(C)(C)OC(=O)N1CCC(Oc2ccccc2OCc2ccccc2)CC1. The minimum Gasteiger partial charge on any atom is -0.486 e. The van der Waals surface area contributed by atoms with Gasteiger partial charge >= 0.3 is 6.09 Å². The predicted octanol–water partition coefficient (Wildman–Crippen LogP) is 5.04. The first-order valence-electron chi connectivity index (χ1n) is 9.81. The molecule has 0 unspecified atom stereocenters. The van der Waals surface area contributed by atoms with Crippen molar-refractivity contribution >= 4 is 6.09 Å². The van der Waals surface area contributed by atoms with E-state index in [-0.39, 0.29) is 12.2 Å². The number of carbonyl (C=O) groups is 1. The monoisotopic (exact) mass is 383 g/mol. The van der Waals surface area contributed by atoms with Crippen LogP contribution in [0, 0.1) is 0 Å². The van der Waals surface area contributed by atoms with Crippen LogP contribution in [-0.2, 0) is 11.3 Å². The fraction of sp³-hybridized carbons (Fsp3) is 0.435. The molecule has 1 aliphatic heterocycles. The lowest BCUT2D eigenvalue weighted by Crippen LogP contribution is -2.44. The molecule has 1 aliphatic rings. The highest BCUT2D eigenvalue weighted by Crippen LogP contribution is 2.30. The number of para-hydroxylation sites is 2.